The molecule has 0 aliphatic carbocycles. The zero-order chi connectivity index (χ0) is 20.3. The van der Waals surface area contributed by atoms with Gasteiger partial charge in [-0.1, -0.05) is 24.3 Å². The van der Waals surface area contributed by atoms with Gasteiger partial charge in [0.15, 0.2) is 17.1 Å². The fraction of sp³-hybridized carbons (Fsp3) is 0.182. The second-order valence-electron chi connectivity index (χ2n) is 6.49. The molecule has 128 valence electrons. The van der Waals surface area contributed by atoms with Crippen LogP contribution in [0.5, 0.6) is 0 Å². The number of hydrogen-bond acceptors (Lipinski definition) is 1. The molecule has 0 fully saturated rings. The summed E-state index contributed by atoms with van der Waals surface area (Å²) in [5, 5.41) is 1.33. The Hall–Kier alpha value is -3.19. The van der Waals surface area contributed by atoms with E-state index >= 15 is 0 Å². The number of fused-ring (bicyclic) bond motifs is 3. The fourth-order valence-corrected chi connectivity index (χ4v) is 3.39. The second kappa shape index (κ2) is 5.67. The first-order chi connectivity index (χ1) is 13.3. The molecular weight excluding hydrogens is 327 g/mol. The molecule has 2 aromatic carbocycles. The lowest BCUT2D eigenvalue weighted by Gasteiger charge is -2.08. The largest absolute Gasteiger partial charge is 0.453 e. The SMILES string of the molecule is [2H]c1c(C)c([2H])c(-c2c(C)ccc3c2oc2c(F)c([N+]#[C-])ccc23)[n+](C)c1C. The molecule has 0 aliphatic rings. The fourth-order valence-electron chi connectivity index (χ4n) is 3.39. The van der Waals surface area contributed by atoms with Crippen LogP contribution in [0.25, 0.3) is 38.0 Å². The Morgan fingerprint density at radius 1 is 1.08 bits per heavy atom. The van der Waals surface area contributed by atoms with Crippen LogP contribution in [0.3, 0.4) is 0 Å². The molecule has 0 bridgehead atoms. The van der Waals surface area contributed by atoms with Gasteiger partial charge in [-0.25, -0.2) is 9.24 Å². The summed E-state index contributed by atoms with van der Waals surface area (Å²) in [5.74, 6) is -0.670. The van der Waals surface area contributed by atoms with Crippen molar-refractivity contribution >= 4 is 27.6 Å². The minimum Gasteiger partial charge on any atom is -0.453 e. The maximum atomic E-state index is 14.7. The summed E-state index contributed by atoms with van der Waals surface area (Å²) in [7, 11) is 1.82. The molecule has 0 amide bonds. The molecule has 0 unspecified atom stereocenters. The number of furan rings is 1. The third-order valence-electron chi connectivity index (χ3n) is 4.81. The van der Waals surface area contributed by atoms with Crippen LogP contribution < -0.4 is 4.57 Å². The number of halogens is 1. The average molecular weight is 347 g/mol. The highest BCUT2D eigenvalue weighted by atomic mass is 19.1. The number of aromatic nitrogens is 1. The van der Waals surface area contributed by atoms with Crippen molar-refractivity contribution in [2.24, 2.45) is 7.05 Å². The first-order valence-corrected chi connectivity index (χ1v) is 8.26. The second-order valence-corrected chi connectivity index (χ2v) is 6.49. The van der Waals surface area contributed by atoms with E-state index < -0.39 is 5.82 Å². The van der Waals surface area contributed by atoms with Crippen molar-refractivity contribution < 1.29 is 16.1 Å². The molecule has 2 aromatic heterocycles. The van der Waals surface area contributed by atoms with Crippen molar-refractivity contribution in [3.8, 4) is 11.3 Å². The zero-order valence-corrected chi connectivity index (χ0v) is 15.0. The van der Waals surface area contributed by atoms with Crippen molar-refractivity contribution in [3.63, 3.8) is 0 Å². The Labute approximate surface area is 153 Å². The van der Waals surface area contributed by atoms with Crippen LogP contribution in [-0.4, -0.2) is 0 Å². The molecule has 3 nitrogen and oxygen atoms in total. The van der Waals surface area contributed by atoms with Gasteiger partial charge in [0.2, 0.25) is 11.4 Å². The first-order valence-electron chi connectivity index (χ1n) is 9.26. The van der Waals surface area contributed by atoms with Gasteiger partial charge in [0.05, 0.1) is 14.9 Å². The standard InChI is InChI=1S/C22H18FN2O/c1-12-10-14(3)25(5)18(11-12)19-13(2)6-7-15-16-8-9-17(24-4)20(23)22(16)26-21(15)19/h6-11H,1-3,5H3/q+1/i10D,11D. The van der Waals surface area contributed by atoms with E-state index in [9.17, 15) is 4.39 Å². The first kappa shape index (κ1) is 14.0. The van der Waals surface area contributed by atoms with E-state index in [0.717, 1.165) is 16.6 Å². The normalized spacial score (nSPS) is 12.3. The van der Waals surface area contributed by atoms with E-state index in [4.69, 9.17) is 13.7 Å². The van der Waals surface area contributed by atoms with Crippen molar-refractivity contribution in [1.29, 1.82) is 0 Å². The summed E-state index contributed by atoms with van der Waals surface area (Å²) in [4.78, 5) is 3.21. The van der Waals surface area contributed by atoms with Gasteiger partial charge in [0, 0.05) is 29.8 Å². The molecule has 2 heterocycles. The predicted molar refractivity (Wildman–Crippen MR) is 101 cm³/mol. The van der Waals surface area contributed by atoms with Crippen molar-refractivity contribution in [3.05, 3.63) is 70.4 Å². The number of pyridine rings is 1. The molecule has 4 heteroatoms. The summed E-state index contributed by atoms with van der Waals surface area (Å²) in [5.41, 5.74) is 3.98. The molecule has 0 aliphatic heterocycles. The maximum Gasteiger partial charge on any atom is 0.225 e. The van der Waals surface area contributed by atoms with Gasteiger partial charge in [0.25, 0.3) is 0 Å². The minimum atomic E-state index is -0.670. The average Bonchev–Trinajstić information content (AvgIpc) is 3.06. The molecule has 4 aromatic rings. The van der Waals surface area contributed by atoms with Gasteiger partial charge >= 0.3 is 0 Å². The summed E-state index contributed by atoms with van der Waals surface area (Å²) in [6.45, 7) is 12.6. The molecule has 0 saturated carbocycles. The highest BCUT2D eigenvalue weighted by molar-refractivity contribution is 6.10. The lowest BCUT2D eigenvalue weighted by Crippen LogP contribution is -2.35. The number of benzene rings is 2. The molecule has 0 saturated heterocycles. The monoisotopic (exact) mass is 347 g/mol. The van der Waals surface area contributed by atoms with E-state index in [0.29, 0.717) is 33.8 Å². The van der Waals surface area contributed by atoms with Crippen LogP contribution in [0.1, 0.15) is 19.6 Å². The van der Waals surface area contributed by atoms with E-state index in [-0.39, 0.29) is 17.3 Å². The Balaban J connectivity index is 2.21. The van der Waals surface area contributed by atoms with Gasteiger partial charge < -0.3 is 4.42 Å². The summed E-state index contributed by atoms with van der Waals surface area (Å²) < 4.78 is 39.3. The third kappa shape index (κ3) is 2.21. The molecular formula is C22H18FN2O+. The van der Waals surface area contributed by atoms with Crippen LogP contribution in [-0.2, 0) is 7.05 Å². The van der Waals surface area contributed by atoms with Crippen molar-refractivity contribution in [2.45, 2.75) is 20.8 Å². The van der Waals surface area contributed by atoms with Crippen molar-refractivity contribution in [2.75, 3.05) is 0 Å². The van der Waals surface area contributed by atoms with Crippen LogP contribution in [0.15, 0.2) is 40.8 Å². The van der Waals surface area contributed by atoms with E-state index in [1.807, 2.05) is 37.6 Å². The highest BCUT2D eigenvalue weighted by Crippen LogP contribution is 2.39. The molecule has 0 spiro atoms. The Bertz CT molecular complexity index is 1320. The van der Waals surface area contributed by atoms with Gasteiger partial charge in [0.1, 0.15) is 12.6 Å². The highest BCUT2D eigenvalue weighted by Gasteiger charge is 2.23. The van der Waals surface area contributed by atoms with Crippen molar-refractivity contribution in [1.82, 2.24) is 0 Å². The quantitative estimate of drug-likeness (QED) is 0.320. The maximum absolute atomic E-state index is 14.7. The van der Waals surface area contributed by atoms with Gasteiger partial charge in [-0.3, -0.25) is 0 Å². The van der Waals surface area contributed by atoms with Crippen LogP contribution in [0.2, 0.25) is 0 Å². The van der Waals surface area contributed by atoms with E-state index in [1.54, 1.807) is 13.0 Å². The van der Waals surface area contributed by atoms with Crippen LogP contribution >= 0.6 is 0 Å². The van der Waals surface area contributed by atoms with Gasteiger partial charge in [-0.2, -0.15) is 4.57 Å². The minimum absolute atomic E-state index is 0.0510. The topological polar surface area (TPSA) is 21.4 Å². The lowest BCUT2D eigenvalue weighted by atomic mass is 9.99. The zero-order valence-electron chi connectivity index (χ0n) is 17.0. The Kier molecular flexibility index (Phi) is 3.06. The molecule has 0 N–H and O–H groups in total. The molecule has 0 radical (unpaired) electrons. The van der Waals surface area contributed by atoms with E-state index in [1.165, 1.54) is 6.07 Å². The number of aryl methyl sites for hydroxylation is 1. The summed E-state index contributed by atoms with van der Waals surface area (Å²) >= 11 is 0. The number of nitrogens with zero attached hydrogens (tertiary/aromatic N) is 2. The summed E-state index contributed by atoms with van der Waals surface area (Å²) in [6.07, 6.45) is 0. The van der Waals surface area contributed by atoms with Crippen LogP contribution in [0.4, 0.5) is 10.1 Å². The Morgan fingerprint density at radius 2 is 1.77 bits per heavy atom. The van der Waals surface area contributed by atoms with Crippen LogP contribution in [0, 0.1) is 33.2 Å². The predicted octanol–water partition coefficient (Wildman–Crippen LogP) is 5.69. The molecule has 26 heavy (non-hydrogen) atoms. The Morgan fingerprint density at radius 3 is 2.50 bits per heavy atom. The lowest BCUT2D eigenvalue weighted by molar-refractivity contribution is -0.666. The smallest absolute Gasteiger partial charge is 0.225 e. The summed E-state index contributed by atoms with van der Waals surface area (Å²) in [6, 6.07) is 7.53. The number of hydrogen-bond donors (Lipinski definition) is 0. The van der Waals surface area contributed by atoms with Gasteiger partial charge in [-0.15, -0.1) is 0 Å². The number of rotatable bonds is 1. The third-order valence-corrected chi connectivity index (χ3v) is 4.81. The van der Waals surface area contributed by atoms with E-state index in [2.05, 4.69) is 4.85 Å². The molecule has 0 atom stereocenters. The molecule has 4 rings (SSSR count). The van der Waals surface area contributed by atoms with Gasteiger partial charge in [-0.05, 0) is 25.0 Å².